The molecule has 0 N–H and O–H groups in total. The van der Waals surface area contributed by atoms with E-state index in [1.165, 1.54) is 154 Å². The van der Waals surface area contributed by atoms with Crippen molar-refractivity contribution in [3.8, 4) is 0 Å². The average Bonchev–Trinajstić information content (AvgIpc) is 2.80. The van der Waals surface area contributed by atoms with E-state index in [-0.39, 0.29) is 0 Å². The molecule has 0 nitrogen and oxygen atoms in total. The first kappa shape index (κ1) is 29.2. The lowest BCUT2D eigenvalue weighted by atomic mass is 9.62. The van der Waals surface area contributed by atoms with Gasteiger partial charge in [0.2, 0.25) is 0 Å². The molecule has 0 aromatic carbocycles. The molecule has 0 saturated heterocycles. The van der Waals surface area contributed by atoms with Gasteiger partial charge in [0.1, 0.15) is 0 Å². The SMILES string of the molecule is CC1CCCC(C)(C)C1CCCCCCCCCCCCCCCCCCC1CCCCC1. The van der Waals surface area contributed by atoms with Gasteiger partial charge in [-0.1, -0.05) is 175 Å². The highest BCUT2D eigenvalue weighted by Crippen LogP contribution is 2.46. The normalized spacial score (nSPS) is 23.7. The quantitative estimate of drug-likeness (QED) is 0.168. The summed E-state index contributed by atoms with van der Waals surface area (Å²) in [6, 6.07) is 0. The molecule has 196 valence electrons. The molecule has 2 aliphatic rings. The molecule has 2 unspecified atom stereocenters. The Labute approximate surface area is 210 Å². The van der Waals surface area contributed by atoms with Crippen molar-refractivity contribution in [2.75, 3.05) is 0 Å². The molecule has 2 aliphatic carbocycles. The van der Waals surface area contributed by atoms with Crippen LogP contribution in [0.3, 0.4) is 0 Å². The van der Waals surface area contributed by atoms with E-state index in [9.17, 15) is 0 Å². The highest BCUT2D eigenvalue weighted by molar-refractivity contribution is 4.86. The van der Waals surface area contributed by atoms with E-state index in [2.05, 4.69) is 20.8 Å². The zero-order chi connectivity index (χ0) is 23.6. The highest BCUT2D eigenvalue weighted by Gasteiger charge is 2.35. The zero-order valence-electron chi connectivity index (χ0n) is 23.6. The van der Waals surface area contributed by atoms with Crippen LogP contribution in [0.4, 0.5) is 0 Å². The second-order valence-electron chi connectivity index (χ2n) is 13.2. The maximum atomic E-state index is 2.53. The van der Waals surface area contributed by atoms with E-state index < -0.39 is 0 Å². The van der Waals surface area contributed by atoms with Gasteiger partial charge in [0, 0.05) is 0 Å². The highest BCUT2D eigenvalue weighted by atomic mass is 14.4. The van der Waals surface area contributed by atoms with Crippen molar-refractivity contribution in [1.29, 1.82) is 0 Å². The van der Waals surface area contributed by atoms with E-state index in [4.69, 9.17) is 0 Å². The van der Waals surface area contributed by atoms with Crippen molar-refractivity contribution in [2.24, 2.45) is 23.2 Å². The summed E-state index contributed by atoms with van der Waals surface area (Å²) in [6.07, 6.45) is 39.0. The Balaban J connectivity index is 1.25. The fourth-order valence-corrected chi connectivity index (χ4v) is 7.46. The van der Waals surface area contributed by atoms with Crippen molar-refractivity contribution in [2.45, 2.75) is 188 Å². The Kier molecular flexibility index (Phi) is 16.2. The smallest absolute Gasteiger partial charge is 0.0323 e. The van der Waals surface area contributed by atoms with Gasteiger partial charge < -0.3 is 0 Å². The van der Waals surface area contributed by atoms with Gasteiger partial charge in [0.15, 0.2) is 0 Å². The summed E-state index contributed by atoms with van der Waals surface area (Å²) in [7, 11) is 0. The molecular weight excluding hydrogens is 396 g/mol. The first-order chi connectivity index (χ1) is 16.1. The molecule has 0 spiro atoms. The number of hydrogen-bond donors (Lipinski definition) is 0. The fourth-order valence-electron chi connectivity index (χ4n) is 7.46. The van der Waals surface area contributed by atoms with Crippen molar-refractivity contribution < 1.29 is 0 Å². The molecule has 0 heteroatoms. The molecule has 2 rings (SSSR count). The molecule has 2 fully saturated rings. The predicted molar refractivity (Wildman–Crippen MR) is 150 cm³/mol. The van der Waals surface area contributed by atoms with Crippen LogP contribution in [0.5, 0.6) is 0 Å². The van der Waals surface area contributed by atoms with Crippen LogP contribution >= 0.6 is 0 Å². The molecule has 2 atom stereocenters. The third-order valence-electron chi connectivity index (χ3n) is 9.77. The first-order valence-electron chi connectivity index (χ1n) is 16.1. The number of unbranched alkanes of at least 4 members (excludes halogenated alkanes) is 15. The van der Waals surface area contributed by atoms with Crippen LogP contribution in [-0.2, 0) is 0 Å². The molecule has 0 aliphatic heterocycles. The summed E-state index contributed by atoms with van der Waals surface area (Å²) in [4.78, 5) is 0. The predicted octanol–water partition coefficient (Wildman–Crippen LogP) is 12.1. The molecule has 0 amide bonds. The Morgan fingerprint density at radius 2 is 0.909 bits per heavy atom. The number of rotatable bonds is 19. The van der Waals surface area contributed by atoms with Gasteiger partial charge >= 0.3 is 0 Å². The molecule has 0 bridgehead atoms. The summed E-state index contributed by atoms with van der Waals surface area (Å²) in [5, 5.41) is 0. The van der Waals surface area contributed by atoms with Gasteiger partial charge in [-0.05, 0) is 36.0 Å². The van der Waals surface area contributed by atoms with E-state index in [1.54, 1.807) is 12.8 Å². The van der Waals surface area contributed by atoms with Crippen molar-refractivity contribution in [3.63, 3.8) is 0 Å². The van der Waals surface area contributed by atoms with Crippen LogP contribution in [-0.4, -0.2) is 0 Å². The molecule has 0 aromatic rings. The summed E-state index contributed by atoms with van der Waals surface area (Å²) in [5.74, 6) is 3.05. The van der Waals surface area contributed by atoms with Gasteiger partial charge in [-0.15, -0.1) is 0 Å². The largest absolute Gasteiger partial charge is 0.0622 e. The lowest BCUT2D eigenvalue weighted by Crippen LogP contribution is -2.33. The third-order valence-corrected chi connectivity index (χ3v) is 9.77. The monoisotopic (exact) mass is 461 g/mol. The van der Waals surface area contributed by atoms with E-state index >= 15 is 0 Å². The lowest BCUT2D eigenvalue weighted by Gasteiger charge is -2.43. The van der Waals surface area contributed by atoms with E-state index in [0.717, 1.165) is 17.8 Å². The second-order valence-corrected chi connectivity index (χ2v) is 13.2. The fraction of sp³-hybridized carbons (Fsp3) is 1.00. The minimum atomic E-state index is 0.603. The van der Waals surface area contributed by atoms with E-state index in [0.29, 0.717) is 5.41 Å². The second kappa shape index (κ2) is 18.3. The molecule has 2 saturated carbocycles. The summed E-state index contributed by atoms with van der Waals surface area (Å²) in [5.41, 5.74) is 0.603. The maximum absolute atomic E-state index is 2.53. The minimum Gasteiger partial charge on any atom is -0.0622 e. The van der Waals surface area contributed by atoms with E-state index in [1.807, 2.05) is 0 Å². The molecule has 33 heavy (non-hydrogen) atoms. The summed E-state index contributed by atoms with van der Waals surface area (Å²) < 4.78 is 0. The topological polar surface area (TPSA) is 0 Å². The van der Waals surface area contributed by atoms with Gasteiger partial charge in [-0.3, -0.25) is 0 Å². The van der Waals surface area contributed by atoms with Crippen LogP contribution < -0.4 is 0 Å². The van der Waals surface area contributed by atoms with Gasteiger partial charge in [-0.2, -0.15) is 0 Å². The minimum absolute atomic E-state index is 0.603. The van der Waals surface area contributed by atoms with Gasteiger partial charge in [0.25, 0.3) is 0 Å². The van der Waals surface area contributed by atoms with Crippen molar-refractivity contribution >= 4 is 0 Å². The Hall–Kier alpha value is 0. The molecule has 0 heterocycles. The van der Waals surface area contributed by atoms with Gasteiger partial charge in [-0.25, -0.2) is 0 Å². The Morgan fingerprint density at radius 1 is 0.485 bits per heavy atom. The van der Waals surface area contributed by atoms with Crippen LogP contribution in [0.1, 0.15) is 188 Å². The third kappa shape index (κ3) is 13.6. The first-order valence-corrected chi connectivity index (χ1v) is 16.1. The molecule has 0 radical (unpaired) electrons. The van der Waals surface area contributed by atoms with Crippen molar-refractivity contribution in [3.05, 3.63) is 0 Å². The van der Waals surface area contributed by atoms with Crippen LogP contribution in [0.2, 0.25) is 0 Å². The summed E-state index contributed by atoms with van der Waals surface area (Å²) in [6.45, 7) is 7.59. The molecule has 0 aromatic heterocycles. The lowest BCUT2D eigenvalue weighted by molar-refractivity contribution is 0.0740. The van der Waals surface area contributed by atoms with Gasteiger partial charge in [0.05, 0.1) is 0 Å². The van der Waals surface area contributed by atoms with Crippen LogP contribution in [0.15, 0.2) is 0 Å². The van der Waals surface area contributed by atoms with Crippen LogP contribution in [0.25, 0.3) is 0 Å². The Morgan fingerprint density at radius 3 is 1.36 bits per heavy atom. The summed E-state index contributed by atoms with van der Waals surface area (Å²) >= 11 is 0. The maximum Gasteiger partial charge on any atom is -0.0323 e. The molecular formula is C33H64. The standard InChI is InChI=1S/C33H64/c1-30-24-23-29-33(2,3)32(30)28-22-17-15-13-11-9-7-5-4-6-8-10-12-14-16-19-25-31-26-20-18-21-27-31/h30-32H,4-29H2,1-3H3. The van der Waals surface area contributed by atoms with Crippen LogP contribution in [0, 0.1) is 23.2 Å². The Bertz CT molecular complexity index is 429. The number of hydrogen-bond acceptors (Lipinski definition) is 0. The zero-order valence-corrected chi connectivity index (χ0v) is 23.6. The van der Waals surface area contributed by atoms with Crippen molar-refractivity contribution in [1.82, 2.24) is 0 Å². The average molecular weight is 461 g/mol.